The number of nitrogens with zero attached hydrogens (tertiary/aromatic N) is 1. The molecule has 1 atom stereocenters. The first-order chi connectivity index (χ1) is 13.3. The third-order valence-electron chi connectivity index (χ3n) is 5.79. The number of methoxy groups -OCH3 is 1. The first-order valence-electron chi connectivity index (χ1n) is 9.88. The number of ether oxygens (including phenoxy) is 2. The lowest BCUT2D eigenvalue weighted by atomic mass is 9.77. The average Bonchev–Trinajstić information content (AvgIpc) is 2.90. The van der Waals surface area contributed by atoms with E-state index in [1.165, 1.54) is 0 Å². The summed E-state index contributed by atoms with van der Waals surface area (Å²) in [5, 5.41) is 0. The Kier molecular flexibility index (Phi) is 6.17. The van der Waals surface area contributed by atoms with E-state index in [1.807, 2.05) is 45.9 Å². The van der Waals surface area contributed by atoms with Crippen LogP contribution in [0.25, 0.3) is 5.57 Å². The molecule has 0 spiro atoms. The van der Waals surface area contributed by atoms with Gasteiger partial charge >= 0.3 is 7.12 Å². The molecule has 0 amide bonds. The van der Waals surface area contributed by atoms with E-state index in [2.05, 4.69) is 4.99 Å². The van der Waals surface area contributed by atoms with Crippen LogP contribution >= 0.6 is 0 Å². The van der Waals surface area contributed by atoms with Gasteiger partial charge in [0, 0.05) is 30.1 Å². The van der Waals surface area contributed by atoms with E-state index in [0.29, 0.717) is 5.75 Å². The highest BCUT2D eigenvalue weighted by Crippen LogP contribution is 2.37. The molecule has 2 aliphatic heterocycles. The predicted molar refractivity (Wildman–Crippen MR) is 113 cm³/mol. The summed E-state index contributed by atoms with van der Waals surface area (Å²) in [4.78, 5) is 4.54. The summed E-state index contributed by atoms with van der Waals surface area (Å²) in [7, 11) is 1.16. The Morgan fingerprint density at radius 3 is 2.50 bits per heavy atom. The van der Waals surface area contributed by atoms with Crippen LogP contribution in [-0.2, 0) is 14.0 Å². The molecule has 0 saturated carbocycles. The van der Waals surface area contributed by atoms with Gasteiger partial charge in [0.15, 0.2) is 0 Å². The largest absolute Gasteiger partial charge is 0.498 e. The molecule has 1 aromatic rings. The number of nitrogens with two attached hydrogens (primary N) is 1. The average molecular weight is 386 g/mol. The topological polar surface area (TPSA) is 75.3 Å². The molecular formula is C21H31BN2O4. The molecular weight excluding hydrogens is 355 g/mol. The number of aliphatic imine (C=N–C) groups is 1. The summed E-state index contributed by atoms with van der Waals surface area (Å²) in [6.07, 6.45) is 6.42. The van der Waals surface area contributed by atoms with Gasteiger partial charge in [0.25, 0.3) is 0 Å². The van der Waals surface area contributed by atoms with Gasteiger partial charge < -0.3 is 24.5 Å². The van der Waals surface area contributed by atoms with E-state index >= 15 is 0 Å². The van der Waals surface area contributed by atoms with Gasteiger partial charge in [-0.05, 0) is 58.6 Å². The van der Waals surface area contributed by atoms with Crippen molar-refractivity contribution in [2.75, 3.05) is 13.7 Å². The van der Waals surface area contributed by atoms with Gasteiger partial charge in [-0.15, -0.1) is 0 Å². The Morgan fingerprint density at radius 2 is 1.93 bits per heavy atom. The number of hydrogen-bond donors (Lipinski definition) is 1. The molecule has 2 fully saturated rings. The molecule has 0 bridgehead atoms. The Labute approximate surface area is 168 Å². The SMILES string of the molecule is COc1cc(C(C=NC2CCCCO2)=CN)ccc1B1OC(C)(C)C(C)(C)O1. The van der Waals surface area contributed by atoms with Crippen molar-refractivity contribution >= 4 is 24.4 Å². The fourth-order valence-corrected chi connectivity index (χ4v) is 3.27. The van der Waals surface area contributed by atoms with Gasteiger partial charge in [-0.3, -0.25) is 4.99 Å². The standard InChI is InChI=1S/C21H31BN2O4/c1-20(2)21(3,4)28-22(27-20)17-10-9-15(12-18(17)25-5)16(13-23)14-24-19-8-6-7-11-26-19/h9-10,12-14,19H,6-8,11,23H2,1-5H3. The van der Waals surface area contributed by atoms with E-state index in [4.69, 9.17) is 24.5 Å². The van der Waals surface area contributed by atoms with Crippen molar-refractivity contribution in [3.05, 3.63) is 30.0 Å². The number of allylic oxidation sites excluding steroid dienone is 1. The third kappa shape index (κ3) is 4.26. The summed E-state index contributed by atoms with van der Waals surface area (Å²) < 4.78 is 23.6. The van der Waals surface area contributed by atoms with Crippen molar-refractivity contribution in [2.45, 2.75) is 64.4 Å². The molecule has 1 unspecified atom stereocenters. The van der Waals surface area contributed by atoms with E-state index in [1.54, 1.807) is 19.5 Å². The molecule has 0 aliphatic carbocycles. The fraction of sp³-hybridized carbons (Fsp3) is 0.571. The monoisotopic (exact) mass is 386 g/mol. The first-order valence-corrected chi connectivity index (χ1v) is 9.88. The van der Waals surface area contributed by atoms with Crippen molar-refractivity contribution in [3.8, 4) is 5.75 Å². The maximum atomic E-state index is 6.16. The molecule has 2 N–H and O–H groups in total. The van der Waals surface area contributed by atoms with Crippen molar-refractivity contribution in [3.63, 3.8) is 0 Å². The molecule has 0 aromatic heterocycles. The number of benzene rings is 1. The Hall–Kier alpha value is -1.83. The van der Waals surface area contributed by atoms with E-state index in [9.17, 15) is 0 Å². The molecule has 6 nitrogen and oxygen atoms in total. The Bertz CT molecular complexity index is 739. The molecule has 2 heterocycles. The fourth-order valence-electron chi connectivity index (χ4n) is 3.27. The van der Waals surface area contributed by atoms with E-state index in [0.717, 1.165) is 42.5 Å². The molecule has 3 rings (SSSR count). The zero-order valence-corrected chi connectivity index (χ0v) is 17.5. The summed E-state index contributed by atoms with van der Waals surface area (Å²) in [6, 6.07) is 5.88. The molecule has 28 heavy (non-hydrogen) atoms. The van der Waals surface area contributed by atoms with Crippen LogP contribution in [0.15, 0.2) is 29.4 Å². The summed E-state index contributed by atoms with van der Waals surface area (Å²) in [5.74, 6) is 0.692. The van der Waals surface area contributed by atoms with Crippen molar-refractivity contribution in [2.24, 2.45) is 10.7 Å². The minimum Gasteiger partial charge on any atom is -0.497 e. The van der Waals surface area contributed by atoms with Gasteiger partial charge in [-0.1, -0.05) is 12.1 Å². The lowest BCUT2D eigenvalue weighted by Crippen LogP contribution is -2.41. The summed E-state index contributed by atoms with van der Waals surface area (Å²) in [5.41, 5.74) is 7.63. The number of rotatable bonds is 5. The molecule has 2 saturated heterocycles. The molecule has 0 radical (unpaired) electrons. The highest BCUT2D eigenvalue weighted by atomic mass is 16.7. The summed E-state index contributed by atoms with van der Waals surface area (Å²) >= 11 is 0. The zero-order valence-electron chi connectivity index (χ0n) is 17.5. The van der Waals surface area contributed by atoms with Crippen LogP contribution in [0, 0.1) is 0 Å². The van der Waals surface area contributed by atoms with Gasteiger partial charge in [0.05, 0.1) is 18.3 Å². The predicted octanol–water partition coefficient (Wildman–Crippen LogP) is 2.89. The minimum absolute atomic E-state index is 0.0883. The van der Waals surface area contributed by atoms with Crippen LogP contribution < -0.4 is 15.9 Å². The van der Waals surface area contributed by atoms with Crippen molar-refractivity contribution in [1.29, 1.82) is 0 Å². The highest BCUT2D eigenvalue weighted by molar-refractivity contribution is 6.63. The van der Waals surface area contributed by atoms with Gasteiger partial charge in [0.1, 0.15) is 12.0 Å². The molecule has 152 valence electrons. The van der Waals surface area contributed by atoms with E-state index in [-0.39, 0.29) is 6.23 Å². The Balaban J connectivity index is 1.81. The highest BCUT2D eigenvalue weighted by Gasteiger charge is 2.52. The second-order valence-electron chi connectivity index (χ2n) is 8.27. The van der Waals surface area contributed by atoms with Crippen LogP contribution in [0.3, 0.4) is 0 Å². The van der Waals surface area contributed by atoms with Gasteiger partial charge in [-0.2, -0.15) is 0 Å². The molecule has 7 heteroatoms. The first kappa shape index (κ1) is 20.9. The second-order valence-corrected chi connectivity index (χ2v) is 8.27. The molecule has 1 aromatic carbocycles. The van der Waals surface area contributed by atoms with Crippen LogP contribution in [0.5, 0.6) is 5.75 Å². The lowest BCUT2D eigenvalue weighted by molar-refractivity contribution is 0.00578. The lowest BCUT2D eigenvalue weighted by Gasteiger charge is -2.32. The van der Waals surface area contributed by atoms with Crippen molar-refractivity contribution in [1.82, 2.24) is 0 Å². The smallest absolute Gasteiger partial charge is 0.497 e. The van der Waals surface area contributed by atoms with Crippen LogP contribution in [0.1, 0.15) is 52.5 Å². The van der Waals surface area contributed by atoms with Crippen molar-refractivity contribution < 1.29 is 18.8 Å². The van der Waals surface area contributed by atoms with Gasteiger partial charge in [0.2, 0.25) is 0 Å². The zero-order chi connectivity index (χ0) is 20.4. The van der Waals surface area contributed by atoms with Gasteiger partial charge in [-0.25, -0.2) is 0 Å². The van der Waals surface area contributed by atoms with Crippen LogP contribution in [0.4, 0.5) is 0 Å². The summed E-state index contributed by atoms with van der Waals surface area (Å²) in [6.45, 7) is 8.90. The molecule has 2 aliphatic rings. The van der Waals surface area contributed by atoms with Crippen LogP contribution in [-0.4, -0.2) is 44.5 Å². The Morgan fingerprint density at radius 1 is 1.21 bits per heavy atom. The maximum Gasteiger partial charge on any atom is 0.498 e. The second kappa shape index (κ2) is 8.27. The van der Waals surface area contributed by atoms with E-state index < -0.39 is 18.3 Å². The maximum absolute atomic E-state index is 6.16. The third-order valence-corrected chi connectivity index (χ3v) is 5.79. The minimum atomic E-state index is -0.483. The number of hydrogen-bond acceptors (Lipinski definition) is 6. The normalized spacial score (nSPS) is 24.7. The quantitative estimate of drug-likeness (QED) is 0.622. The van der Waals surface area contributed by atoms with Crippen LogP contribution in [0.2, 0.25) is 0 Å².